The average molecular weight is 220 g/mol. The van der Waals surface area contributed by atoms with E-state index in [1.165, 1.54) is 5.56 Å². The Hall–Kier alpha value is -0.0100. The largest absolute Gasteiger partial charge is 0.126 e. The van der Waals surface area contributed by atoms with Gasteiger partial charge in [0, 0.05) is 10.4 Å². The van der Waals surface area contributed by atoms with Crippen LogP contribution in [0.5, 0.6) is 0 Å². The average Bonchev–Trinajstić information content (AvgIpc) is 1.88. The van der Waals surface area contributed by atoms with Gasteiger partial charge in [-0.3, -0.25) is 0 Å². The van der Waals surface area contributed by atoms with Crippen molar-refractivity contribution in [1.29, 1.82) is 0 Å². The minimum Gasteiger partial charge on any atom is -0.126 e. The maximum absolute atomic E-state index is 5.57. The van der Waals surface area contributed by atoms with Gasteiger partial charge >= 0.3 is 0 Å². The number of rotatable bonds is 2. The Balaban J connectivity index is 2.75. The quantitative estimate of drug-likeness (QED) is 0.670. The summed E-state index contributed by atoms with van der Waals surface area (Å²) in [5, 5.41) is 0. The van der Waals surface area contributed by atoms with Crippen LogP contribution in [0.3, 0.4) is 0 Å². The van der Waals surface area contributed by atoms with E-state index in [0.29, 0.717) is 5.88 Å². The van der Waals surface area contributed by atoms with Crippen molar-refractivity contribution >= 4 is 27.5 Å². The lowest BCUT2D eigenvalue weighted by atomic mass is 10.2. The summed E-state index contributed by atoms with van der Waals surface area (Å²) in [6.07, 6.45) is 0.945. The highest BCUT2D eigenvalue weighted by molar-refractivity contribution is 9.10. The maximum atomic E-state index is 5.57. The van der Waals surface area contributed by atoms with Gasteiger partial charge in [-0.15, -0.1) is 11.6 Å². The zero-order valence-electron chi connectivity index (χ0n) is 5.48. The van der Waals surface area contributed by atoms with Crippen molar-refractivity contribution in [2.75, 3.05) is 5.88 Å². The first-order valence-corrected chi connectivity index (χ1v) is 4.46. The van der Waals surface area contributed by atoms with Gasteiger partial charge < -0.3 is 0 Å². The van der Waals surface area contributed by atoms with Crippen molar-refractivity contribution in [1.82, 2.24) is 0 Å². The van der Waals surface area contributed by atoms with E-state index in [1.54, 1.807) is 0 Å². The van der Waals surface area contributed by atoms with E-state index in [9.17, 15) is 0 Å². The molecule has 0 aliphatic heterocycles. The van der Waals surface area contributed by atoms with Gasteiger partial charge in [0.2, 0.25) is 0 Å². The van der Waals surface area contributed by atoms with Gasteiger partial charge in [0.25, 0.3) is 0 Å². The van der Waals surface area contributed by atoms with Gasteiger partial charge in [-0.1, -0.05) is 28.1 Å². The highest BCUT2D eigenvalue weighted by Crippen LogP contribution is 2.11. The fourth-order valence-electron chi connectivity index (χ4n) is 0.802. The summed E-state index contributed by atoms with van der Waals surface area (Å²) in [5.74, 6) is 0.691. The van der Waals surface area contributed by atoms with E-state index < -0.39 is 0 Å². The fourth-order valence-corrected chi connectivity index (χ4v) is 1.47. The monoisotopic (exact) mass is 218 g/mol. The molecular formula is C8H8BrCl. The molecule has 0 saturated heterocycles. The predicted molar refractivity (Wildman–Crippen MR) is 48.6 cm³/mol. The van der Waals surface area contributed by atoms with Gasteiger partial charge in [0.05, 0.1) is 0 Å². The van der Waals surface area contributed by atoms with Crippen LogP contribution in [0.2, 0.25) is 0 Å². The molecule has 1 aromatic carbocycles. The zero-order chi connectivity index (χ0) is 7.40. The Morgan fingerprint density at radius 3 is 2.80 bits per heavy atom. The molecule has 0 radical (unpaired) electrons. The molecule has 0 N–H and O–H groups in total. The van der Waals surface area contributed by atoms with Crippen LogP contribution in [0.1, 0.15) is 5.56 Å². The van der Waals surface area contributed by atoms with Crippen LogP contribution in [0.25, 0.3) is 0 Å². The summed E-state index contributed by atoms with van der Waals surface area (Å²) in [6.45, 7) is 0. The van der Waals surface area contributed by atoms with Crippen molar-refractivity contribution in [3.05, 3.63) is 34.3 Å². The lowest BCUT2D eigenvalue weighted by molar-refractivity contribution is 1.15. The van der Waals surface area contributed by atoms with E-state index in [-0.39, 0.29) is 0 Å². The third-order valence-electron chi connectivity index (χ3n) is 1.27. The third-order valence-corrected chi connectivity index (χ3v) is 1.95. The summed E-state index contributed by atoms with van der Waals surface area (Å²) in [6, 6.07) is 8.19. The van der Waals surface area contributed by atoms with Crippen LogP contribution in [-0.4, -0.2) is 5.88 Å². The van der Waals surface area contributed by atoms with Crippen molar-refractivity contribution < 1.29 is 0 Å². The first-order chi connectivity index (χ1) is 4.83. The first-order valence-electron chi connectivity index (χ1n) is 3.13. The van der Waals surface area contributed by atoms with E-state index >= 15 is 0 Å². The first kappa shape index (κ1) is 8.09. The van der Waals surface area contributed by atoms with Crippen molar-refractivity contribution in [2.45, 2.75) is 6.42 Å². The lowest BCUT2D eigenvalue weighted by Gasteiger charge is -1.96. The number of benzene rings is 1. The molecule has 2 heteroatoms. The lowest BCUT2D eigenvalue weighted by Crippen LogP contribution is -1.83. The minimum atomic E-state index is 0.691. The van der Waals surface area contributed by atoms with Crippen molar-refractivity contribution in [2.24, 2.45) is 0 Å². The molecular weight excluding hydrogens is 211 g/mol. The zero-order valence-corrected chi connectivity index (χ0v) is 7.82. The number of halogens is 2. The molecule has 0 amide bonds. The number of aryl methyl sites for hydroxylation is 1. The smallest absolute Gasteiger partial charge is 0.0263 e. The molecule has 10 heavy (non-hydrogen) atoms. The normalized spacial score (nSPS) is 9.80. The van der Waals surface area contributed by atoms with Crippen molar-refractivity contribution in [3.63, 3.8) is 0 Å². The molecule has 1 aromatic rings. The highest BCUT2D eigenvalue weighted by Gasteiger charge is 1.90. The predicted octanol–water partition coefficient (Wildman–Crippen LogP) is 3.23. The Labute approximate surface area is 74.3 Å². The second-order valence-electron chi connectivity index (χ2n) is 2.07. The highest BCUT2D eigenvalue weighted by atomic mass is 79.9. The number of alkyl halides is 1. The summed E-state index contributed by atoms with van der Waals surface area (Å²) in [4.78, 5) is 0. The van der Waals surface area contributed by atoms with Crippen LogP contribution in [0.4, 0.5) is 0 Å². The van der Waals surface area contributed by atoms with Gasteiger partial charge in [-0.05, 0) is 24.1 Å². The van der Waals surface area contributed by atoms with Gasteiger partial charge in [-0.2, -0.15) is 0 Å². The fraction of sp³-hybridized carbons (Fsp3) is 0.250. The maximum Gasteiger partial charge on any atom is 0.0263 e. The summed E-state index contributed by atoms with van der Waals surface area (Å²) >= 11 is 8.96. The molecule has 0 nitrogen and oxygen atoms in total. The second-order valence-corrected chi connectivity index (χ2v) is 3.36. The van der Waals surface area contributed by atoms with E-state index in [4.69, 9.17) is 11.6 Å². The second kappa shape index (κ2) is 3.99. The molecule has 1 rings (SSSR count). The Morgan fingerprint density at radius 1 is 1.40 bits per heavy atom. The molecule has 0 spiro atoms. The standard InChI is InChI=1S/C8H8BrCl/c9-8-3-1-2-7(6-8)4-5-10/h1-3,6H,4-5H2. The van der Waals surface area contributed by atoms with Crippen LogP contribution < -0.4 is 0 Å². The van der Waals surface area contributed by atoms with E-state index in [2.05, 4.69) is 28.1 Å². The van der Waals surface area contributed by atoms with Gasteiger partial charge in [-0.25, -0.2) is 0 Å². The molecule has 0 atom stereocenters. The van der Waals surface area contributed by atoms with Crippen molar-refractivity contribution in [3.8, 4) is 0 Å². The minimum absolute atomic E-state index is 0.691. The van der Waals surface area contributed by atoms with Crippen LogP contribution in [0, 0.1) is 0 Å². The Morgan fingerprint density at radius 2 is 2.20 bits per heavy atom. The molecule has 54 valence electrons. The van der Waals surface area contributed by atoms with Crippen LogP contribution in [0.15, 0.2) is 28.7 Å². The van der Waals surface area contributed by atoms with E-state index in [0.717, 1.165) is 10.9 Å². The Kier molecular flexibility index (Phi) is 3.23. The topological polar surface area (TPSA) is 0 Å². The molecule has 0 aliphatic carbocycles. The van der Waals surface area contributed by atoms with Crippen LogP contribution >= 0.6 is 27.5 Å². The number of hydrogen-bond acceptors (Lipinski definition) is 0. The molecule has 0 aromatic heterocycles. The molecule has 0 aliphatic rings. The summed E-state index contributed by atoms with van der Waals surface area (Å²) in [5.41, 5.74) is 1.28. The Bertz CT molecular complexity index is 210. The molecule has 0 fully saturated rings. The molecule has 0 saturated carbocycles. The van der Waals surface area contributed by atoms with E-state index in [1.807, 2.05) is 12.1 Å². The summed E-state index contributed by atoms with van der Waals surface area (Å²) < 4.78 is 1.12. The number of hydrogen-bond donors (Lipinski definition) is 0. The summed E-state index contributed by atoms with van der Waals surface area (Å²) in [7, 11) is 0. The molecule has 0 unspecified atom stereocenters. The van der Waals surface area contributed by atoms with Gasteiger partial charge in [0.15, 0.2) is 0 Å². The molecule has 0 bridgehead atoms. The SMILES string of the molecule is ClCCc1cccc(Br)c1. The third kappa shape index (κ3) is 2.31. The molecule has 0 heterocycles. The van der Waals surface area contributed by atoms with Crippen LogP contribution in [-0.2, 0) is 6.42 Å². The van der Waals surface area contributed by atoms with Gasteiger partial charge in [0.1, 0.15) is 0 Å².